The fraction of sp³-hybridized carbons (Fsp3) is 0.846. The van der Waals surface area contributed by atoms with Crippen LogP contribution in [-0.4, -0.2) is 29.3 Å². The summed E-state index contributed by atoms with van der Waals surface area (Å²) in [5.41, 5.74) is 5.72. The Morgan fingerprint density at radius 3 is 2.35 bits per heavy atom. The molecular formula is C13H22N2O2. The van der Waals surface area contributed by atoms with Crippen LogP contribution >= 0.6 is 0 Å². The minimum atomic E-state index is -0.0689. The van der Waals surface area contributed by atoms with Crippen LogP contribution in [0.5, 0.6) is 0 Å². The van der Waals surface area contributed by atoms with Gasteiger partial charge in [-0.25, -0.2) is 0 Å². The van der Waals surface area contributed by atoms with Gasteiger partial charge in [-0.3, -0.25) is 14.5 Å². The largest absolute Gasteiger partial charge is 0.328 e. The van der Waals surface area contributed by atoms with Gasteiger partial charge in [-0.2, -0.15) is 0 Å². The first-order valence-corrected chi connectivity index (χ1v) is 6.77. The van der Waals surface area contributed by atoms with Crippen molar-refractivity contribution in [2.45, 2.75) is 51.5 Å². The maximum atomic E-state index is 12.2. The average molecular weight is 238 g/mol. The topological polar surface area (TPSA) is 63.4 Å². The van der Waals surface area contributed by atoms with E-state index in [2.05, 4.69) is 6.92 Å². The molecule has 0 radical (unpaired) electrons. The molecule has 0 spiro atoms. The lowest BCUT2D eigenvalue weighted by molar-refractivity contribution is -0.143. The van der Waals surface area contributed by atoms with Gasteiger partial charge in [-0.1, -0.05) is 26.2 Å². The Morgan fingerprint density at radius 2 is 1.88 bits per heavy atom. The molecule has 4 heteroatoms. The van der Waals surface area contributed by atoms with Gasteiger partial charge in [0.15, 0.2) is 0 Å². The van der Waals surface area contributed by atoms with Crippen LogP contribution in [0.1, 0.15) is 45.4 Å². The summed E-state index contributed by atoms with van der Waals surface area (Å²) in [6.07, 6.45) is 5.73. The molecule has 4 nitrogen and oxygen atoms in total. The number of unbranched alkanes of at least 4 members (excludes halogenated alkanes) is 1. The van der Waals surface area contributed by atoms with E-state index in [1.54, 1.807) is 0 Å². The highest BCUT2D eigenvalue weighted by Gasteiger charge is 2.51. The van der Waals surface area contributed by atoms with Crippen LogP contribution < -0.4 is 5.73 Å². The Labute approximate surface area is 103 Å². The number of imide groups is 1. The molecular weight excluding hydrogens is 216 g/mol. The zero-order valence-electron chi connectivity index (χ0n) is 10.5. The van der Waals surface area contributed by atoms with Crippen molar-refractivity contribution < 1.29 is 9.59 Å². The van der Waals surface area contributed by atoms with E-state index in [9.17, 15) is 9.59 Å². The zero-order valence-corrected chi connectivity index (χ0v) is 10.5. The Balaban J connectivity index is 2.09. The number of fused-ring (bicyclic) bond motifs is 1. The van der Waals surface area contributed by atoms with Crippen molar-refractivity contribution in [2.24, 2.45) is 17.6 Å². The number of hydrogen-bond acceptors (Lipinski definition) is 3. The molecule has 0 aromatic carbocycles. The van der Waals surface area contributed by atoms with Crippen LogP contribution in [0.4, 0.5) is 0 Å². The van der Waals surface area contributed by atoms with Crippen LogP contribution in [0.15, 0.2) is 0 Å². The molecule has 3 atom stereocenters. The van der Waals surface area contributed by atoms with E-state index >= 15 is 0 Å². The predicted molar refractivity (Wildman–Crippen MR) is 65.1 cm³/mol. The summed E-state index contributed by atoms with van der Waals surface area (Å²) in [4.78, 5) is 25.9. The van der Waals surface area contributed by atoms with Gasteiger partial charge in [-0.05, 0) is 19.3 Å². The van der Waals surface area contributed by atoms with Gasteiger partial charge >= 0.3 is 0 Å². The highest BCUT2D eigenvalue weighted by atomic mass is 16.2. The molecule has 2 rings (SSSR count). The fourth-order valence-corrected chi connectivity index (χ4v) is 3.17. The molecule has 0 aromatic heterocycles. The van der Waals surface area contributed by atoms with Gasteiger partial charge in [0.05, 0.1) is 17.9 Å². The average Bonchev–Trinajstić information content (AvgIpc) is 2.88. The van der Waals surface area contributed by atoms with Gasteiger partial charge < -0.3 is 5.73 Å². The number of rotatable bonds is 5. The Hall–Kier alpha value is -0.900. The van der Waals surface area contributed by atoms with Crippen molar-refractivity contribution >= 4 is 11.8 Å². The standard InChI is InChI=1S/C13H22N2O2/c1-2-3-5-9(8-14)15-12(16)10-6-4-7-11(10)13(15)17/h9-11H,2-8,14H2,1H3. The third-order valence-corrected chi connectivity index (χ3v) is 4.15. The van der Waals surface area contributed by atoms with Crippen LogP contribution in [0.25, 0.3) is 0 Å². The fourth-order valence-electron chi connectivity index (χ4n) is 3.17. The van der Waals surface area contributed by atoms with Gasteiger partial charge in [0.1, 0.15) is 0 Å². The maximum Gasteiger partial charge on any atom is 0.233 e. The third kappa shape index (κ3) is 2.10. The number of amides is 2. The van der Waals surface area contributed by atoms with Crippen molar-refractivity contribution in [3.8, 4) is 0 Å². The van der Waals surface area contributed by atoms with Crippen LogP contribution in [-0.2, 0) is 9.59 Å². The van der Waals surface area contributed by atoms with E-state index in [0.29, 0.717) is 6.54 Å². The van der Waals surface area contributed by atoms with E-state index < -0.39 is 0 Å². The summed E-state index contributed by atoms with van der Waals surface area (Å²) in [7, 11) is 0. The second kappa shape index (κ2) is 5.17. The van der Waals surface area contributed by atoms with Crippen molar-refractivity contribution in [2.75, 3.05) is 6.54 Å². The lowest BCUT2D eigenvalue weighted by Gasteiger charge is -2.26. The molecule has 17 heavy (non-hydrogen) atoms. The molecule has 2 N–H and O–H groups in total. The zero-order chi connectivity index (χ0) is 12.4. The Kier molecular flexibility index (Phi) is 3.82. The second-order valence-electron chi connectivity index (χ2n) is 5.22. The van der Waals surface area contributed by atoms with Crippen molar-refractivity contribution in [1.82, 2.24) is 4.90 Å². The molecule has 2 amide bonds. The van der Waals surface area contributed by atoms with Crippen molar-refractivity contribution in [1.29, 1.82) is 0 Å². The maximum absolute atomic E-state index is 12.2. The number of carbonyl (C=O) groups is 2. The molecule has 1 saturated heterocycles. The van der Waals surface area contributed by atoms with Gasteiger partial charge in [0, 0.05) is 6.54 Å². The van der Waals surface area contributed by atoms with Gasteiger partial charge in [0.2, 0.25) is 11.8 Å². The smallest absolute Gasteiger partial charge is 0.233 e. The molecule has 1 aliphatic carbocycles. The summed E-state index contributed by atoms with van der Waals surface area (Å²) in [5, 5.41) is 0. The predicted octanol–water partition coefficient (Wildman–Crippen LogP) is 1.29. The quantitative estimate of drug-likeness (QED) is 0.734. The summed E-state index contributed by atoms with van der Waals surface area (Å²) in [5.74, 6) is 0.0319. The lowest BCUT2D eigenvalue weighted by atomic mass is 10.00. The van der Waals surface area contributed by atoms with Gasteiger partial charge in [-0.15, -0.1) is 0 Å². The number of nitrogens with two attached hydrogens (primary N) is 1. The number of likely N-dealkylation sites (tertiary alicyclic amines) is 1. The first-order chi connectivity index (χ1) is 8.20. The minimum absolute atomic E-state index is 0.0295. The molecule has 2 fully saturated rings. The van der Waals surface area contributed by atoms with E-state index in [-0.39, 0.29) is 29.7 Å². The monoisotopic (exact) mass is 238 g/mol. The summed E-state index contributed by atoms with van der Waals surface area (Å²) >= 11 is 0. The second-order valence-corrected chi connectivity index (χ2v) is 5.22. The Bertz CT molecular complexity index is 295. The number of nitrogens with zero attached hydrogens (tertiary/aromatic N) is 1. The molecule has 1 aliphatic heterocycles. The van der Waals surface area contributed by atoms with Crippen LogP contribution in [0, 0.1) is 11.8 Å². The number of hydrogen-bond donors (Lipinski definition) is 1. The van der Waals surface area contributed by atoms with Crippen LogP contribution in [0.3, 0.4) is 0 Å². The molecule has 3 unspecified atom stereocenters. The molecule has 0 bridgehead atoms. The highest BCUT2D eigenvalue weighted by Crippen LogP contribution is 2.40. The van der Waals surface area contributed by atoms with E-state index in [1.165, 1.54) is 4.90 Å². The molecule has 0 aromatic rings. The first kappa shape index (κ1) is 12.6. The van der Waals surface area contributed by atoms with Crippen molar-refractivity contribution in [3.63, 3.8) is 0 Å². The number of carbonyl (C=O) groups excluding carboxylic acids is 2. The third-order valence-electron chi connectivity index (χ3n) is 4.15. The first-order valence-electron chi connectivity index (χ1n) is 6.77. The normalized spacial score (nSPS) is 29.9. The summed E-state index contributed by atoms with van der Waals surface area (Å²) in [6.45, 7) is 2.51. The molecule has 1 heterocycles. The SMILES string of the molecule is CCCCC(CN)N1C(=O)C2CCCC2C1=O. The molecule has 96 valence electrons. The summed E-state index contributed by atoms with van der Waals surface area (Å²) < 4.78 is 0. The minimum Gasteiger partial charge on any atom is -0.328 e. The van der Waals surface area contributed by atoms with Crippen molar-refractivity contribution in [3.05, 3.63) is 0 Å². The van der Waals surface area contributed by atoms with Gasteiger partial charge in [0.25, 0.3) is 0 Å². The Morgan fingerprint density at radius 1 is 1.29 bits per heavy atom. The van der Waals surface area contributed by atoms with Crippen LogP contribution in [0.2, 0.25) is 0 Å². The molecule has 1 saturated carbocycles. The van der Waals surface area contributed by atoms with E-state index in [0.717, 1.165) is 38.5 Å². The molecule has 2 aliphatic rings. The summed E-state index contributed by atoms with van der Waals surface area (Å²) in [6, 6.07) is -0.0689. The van der Waals surface area contributed by atoms with E-state index in [4.69, 9.17) is 5.73 Å². The lowest BCUT2D eigenvalue weighted by Crippen LogP contribution is -2.45. The highest BCUT2D eigenvalue weighted by molar-refractivity contribution is 6.05. The van der Waals surface area contributed by atoms with E-state index in [1.807, 2.05) is 0 Å².